The van der Waals surface area contributed by atoms with Crippen LogP contribution in [-0.4, -0.2) is 39.3 Å². The molecule has 0 aliphatic heterocycles. The first-order valence-corrected chi connectivity index (χ1v) is 10.3. The van der Waals surface area contributed by atoms with Crippen molar-refractivity contribution in [3.05, 3.63) is 58.2 Å². The van der Waals surface area contributed by atoms with Crippen molar-refractivity contribution < 1.29 is 5.11 Å². The van der Waals surface area contributed by atoms with Crippen molar-refractivity contribution in [2.24, 2.45) is 0 Å². The molecule has 2 aromatic heterocycles. The number of aliphatic hydroxyl groups is 1. The Morgan fingerprint density at radius 2 is 1.96 bits per heavy atom. The van der Waals surface area contributed by atoms with Gasteiger partial charge in [0.05, 0.1) is 11.1 Å². The average Bonchev–Trinajstić information content (AvgIpc) is 3.39. The van der Waals surface area contributed by atoms with Crippen LogP contribution in [0.3, 0.4) is 0 Å². The number of aromatic nitrogens is 3. The molecule has 28 heavy (non-hydrogen) atoms. The molecule has 0 unspecified atom stereocenters. The summed E-state index contributed by atoms with van der Waals surface area (Å²) in [5, 5.41) is 11.4. The van der Waals surface area contributed by atoms with Crippen LogP contribution < -0.4 is 4.90 Å². The Hall–Kier alpha value is -2.05. The smallest absolute Gasteiger partial charge is 0.132 e. The molecule has 0 radical (unpaired) electrons. The molecule has 2 heterocycles. The number of benzene rings is 1. The van der Waals surface area contributed by atoms with E-state index in [4.69, 9.17) is 4.98 Å². The highest BCUT2D eigenvalue weighted by molar-refractivity contribution is 9.10. The first kappa shape index (κ1) is 19.3. The van der Waals surface area contributed by atoms with Crippen molar-refractivity contribution in [3.8, 4) is 0 Å². The normalized spacial score (nSPS) is 19.1. The van der Waals surface area contributed by atoms with E-state index in [0.29, 0.717) is 18.4 Å². The predicted octanol–water partition coefficient (Wildman–Crippen LogP) is 4.57. The number of nitrogens with zero attached hydrogens (tertiary/aromatic N) is 4. The van der Waals surface area contributed by atoms with Gasteiger partial charge in [-0.25, -0.2) is 9.97 Å². The molecule has 1 aromatic carbocycles. The molecule has 1 aliphatic carbocycles. The van der Waals surface area contributed by atoms with E-state index >= 15 is 0 Å². The van der Waals surface area contributed by atoms with Crippen molar-refractivity contribution >= 4 is 32.5 Å². The van der Waals surface area contributed by atoms with Gasteiger partial charge in [-0.15, -0.1) is 0 Å². The Kier molecular flexibility index (Phi) is 4.88. The Balaban J connectivity index is 1.73. The maximum atomic E-state index is 10.3. The molecule has 4 rings (SSSR count). The molecule has 0 spiro atoms. The highest BCUT2D eigenvalue weighted by atomic mass is 79.9. The minimum absolute atomic E-state index is 0.324. The summed E-state index contributed by atoms with van der Waals surface area (Å²) in [7, 11) is 2.02. The van der Waals surface area contributed by atoms with E-state index < -0.39 is 5.60 Å². The van der Waals surface area contributed by atoms with Gasteiger partial charge in [0, 0.05) is 58.6 Å². The fourth-order valence-electron chi connectivity index (χ4n) is 3.83. The highest BCUT2D eigenvalue weighted by Gasteiger charge is 2.43. The van der Waals surface area contributed by atoms with Gasteiger partial charge in [0.15, 0.2) is 0 Å². The van der Waals surface area contributed by atoms with E-state index in [1.807, 2.05) is 46.1 Å². The van der Waals surface area contributed by atoms with E-state index in [-0.39, 0.29) is 0 Å². The van der Waals surface area contributed by atoms with Gasteiger partial charge in [0.1, 0.15) is 5.82 Å². The number of halogens is 1. The van der Waals surface area contributed by atoms with E-state index in [0.717, 1.165) is 44.7 Å². The fraction of sp³-hybridized carbons (Fsp3) is 0.409. The molecule has 1 saturated carbocycles. The van der Waals surface area contributed by atoms with Gasteiger partial charge in [0.25, 0.3) is 0 Å². The zero-order chi connectivity index (χ0) is 20.1. The predicted molar refractivity (Wildman–Crippen MR) is 116 cm³/mol. The summed E-state index contributed by atoms with van der Waals surface area (Å²) in [6, 6.07) is 10.3. The van der Waals surface area contributed by atoms with Gasteiger partial charge in [-0.1, -0.05) is 15.9 Å². The zero-order valence-corrected chi connectivity index (χ0v) is 18.2. The number of hydrogen-bond acceptors (Lipinski definition) is 5. The molecule has 6 heteroatoms. The van der Waals surface area contributed by atoms with Crippen LogP contribution in [-0.2, 0) is 0 Å². The molecule has 2 atom stereocenters. The lowest BCUT2D eigenvalue weighted by molar-refractivity contribution is 0.0887. The summed E-state index contributed by atoms with van der Waals surface area (Å²) in [6.07, 6.45) is 2.85. The largest absolute Gasteiger partial charge is 0.389 e. The molecule has 0 amide bonds. The van der Waals surface area contributed by atoms with Crippen LogP contribution in [0.2, 0.25) is 0 Å². The zero-order valence-electron chi connectivity index (χ0n) is 16.6. The number of hydrogen-bond donors (Lipinski definition) is 1. The van der Waals surface area contributed by atoms with Gasteiger partial charge in [0.2, 0.25) is 0 Å². The van der Waals surface area contributed by atoms with E-state index in [1.54, 1.807) is 0 Å². The van der Waals surface area contributed by atoms with Gasteiger partial charge < -0.3 is 10.0 Å². The van der Waals surface area contributed by atoms with Crippen molar-refractivity contribution in [1.29, 1.82) is 0 Å². The van der Waals surface area contributed by atoms with Crippen LogP contribution in [0.1, 0.15) is 49.3 Å². The highest BCUT2D eigenvalue weighted by Crippen LogP contribution is 2.53. The number of anilines is 1. The molecule has 1 aliphatic rings. The number of likely N-dealkylation sites (N-methyl/N-ethyl adjacent to an activating group) is 1. The standard InChI is InChI=1S/C22H25BrN4O/c1-13-7-8-24-21(25-13)17-10-16(17)19-11-20(27(4)12-22(2,3)28)15-6-5-14(23)9-18(15)26-19/h5-9,11,16-17,28H,10,12H2,1-4H3/t16-,17-/m0/s1. The third-order valence-corrected chi connectivity index (χ3v) is 5.61. The van der Waals surface area contributed by atoms with Crippen LogP contribution in [0.4, 0.5) is 5.69 Å². The monoisotopic (exact) mass is 440 g/mol. The second-order valence-electron chi connectivity index (χ2n) is 8.40. The maximum Gasteiger partial charge on any atom is 0.132 e. The summed E-state index contributed by atoms with van der Waals surface area (Å²) in [5.41, 5.74) is 3.33. The first-order chi connectivity index (χ1) is 13.2. The SMILES string of the molecule is Cc1ccnc([C@H]2C[C@@H]2c2cc(N(C)CC(C)(C)O)c3ccc(Br)cc3n2)n1. The topological polar surface area (TPSA) is 62.1 Å². The second kappa shape index (κ2) is 7.08. The minimum Gasteiger partial charge on any atom is -0.389 e. The lowest BCUT2D eigenvalue weighted by Crippen LogP contribution is -2.36. The molecule has 0 saturated heterocycles. The van der Waals surface area contributed by atoms with Gasteiger partial charge in [-0.2, -0.15) is 0 Å². The number of rotatable bonds is 5. The fourth-order valence-corrected chi connectivity index (χ4v) is 4.18. The first-order valence-electron chi connectivity index (χ1n) is 9.54. The lowest BCUT2D eigenvalue weighted by atomic mass is 10.1. The van der Waals surface area contributed by atoms with Gasteiger partial charge >= 0.3 is 0 Å². The van der Waals surface area contributed by atoms with Crippen molar-refractivity contribution in [2.45, 2.75) is 44.6 Å². The third-order valence-electron chi connectivity index (χ3n) is 5.12. The molecular formula is C22H25BrN4O. The van der Waals surface area contributed by atoms with E-state index in [9.17, 15) is 5.11 Å². The Labute approximate surface area is 174 Å². The second-order valence-corrected chi connectivity index (χ2v) is 9.32. The molecule has 5 nitrogen and oxygen atoms in total. The average molecular weight is 441 g/mol. The number of fused-ring (bicyclic) bond motifs is 1. The molecule has 1 N–H and O–H groups in total. The maximum absolute atomic E-state index is 10.3. The summed E-state index contributed by atoms with van der Waals surface area (Å²) >= 11 is 3.56. The summed E-state index contributed by atoms with van der Waals surface area (Å²) in [6.45, 7) is 6.20. The lowest BCUT2D eigenvalue weighted by Gasteiger charge is -2.28. The van der Waals surface area contributed by atoms with Crippen LogP contribution >= 0.6 is 15.9 Å². The molecule has 1 fully saturated rings. The van der Waals surface area contributed by atoms with Crippen LogP contribution in [0.25, 0.3) is 10.9 Å². The van der Waals surface area contributed by atoms with Crippen LogP contribution in [0.5, 0.6) is 0 Å². The van der Waals surface area contributed by atoms with Crippen LogP contribution in [0, 0.1) is 6.92 Å². The molecular weight excluding hydrogens is 416 g/mol. The van der Waals surface area contributed by atoms with Gasteiger partial charge in [-0.3, -0.25) is 4.98 Å². The number of pyridine rings is 1. The van der Waals surface area contributed by atoms with E-state index in [1.165, 1.54) is 0 Å². The Bertz CT molecular complexity index is 1030. The minimum atomic E-state index is -0.780. The third kappa shape index (κ3) is 4.03. The van der Waals surface area contributed by atoms with Crippen molar-refractivity contribution in [1.82, 2.24) is 15.0 Å². The van der Waals surface area contributed by atoms with Gasteiger partial charge in [-0.05, 0) is 57.5 Å². The summed E-state index contributed by atoms with van der Waals surface area (Å²) in [4.78, 5) is 16.1. The molecule has 0 bridgehead atoms. The molecule has 3 aromatic rings. The van der Waals surface area contributed by atoms with Crippen molar-refractivity contribution in [2.75, 3.05) is 18.5 Å². The quantitative estimate of drug-likeness (QED) is 0.629. The van der Waals surface area contributed by atoms with E-state index in [2.05, 4.69) is 49.0 Å². The molecule has 146 valence electrons. The summed E-state index contributed by atoms with van der Waals surface area (Å²) in [5.74, 6) is 1.57. The Morgan fingerprint density at radius 3 is 2.68 bits per heavy atom. The van der Waals surface area contributed by atoms with Crippen LogP contribution in [0.15, 0.2) is 41.0 Å². The van der Waals surface area contributed by atoms with Crippen molar-refractivity contribution in [3.63, 3.8) is 0 Å². The summed E-state index contributed by atoms with van der Waals surface area (Å²) < 4.78 is 1.01. The number of aryl methyl sites for hydroxylation is 1. The Morgan fingerprint density at radius 1 is 1.18 bits per heavy atom.